The van der Waals surface area contributed by atoms with Crippen LogP contribution in [0.4, 0.5) is 0 Å². The Balaban J connectivity index is 2.24. The van der Waals surface area contributed by atoms with Crippen molar-refractivity contribution >= 4 is 47.0 Å². The Kier molecular flexibility index (Phi) is 4.74. The molecule has 0 saturated carbocycles. The van der Waals surface area contributed by atoms with Crippen molar-refractivity contribution in [1.29, 1.82) is 0 Å². The van der Waals surface area contributed by atoms with Gasteiger partial charge in [0.2, 0.25) is 0 Å². The first kappa shape index (κ1) is 14.8. The summed E-state index contributed by atoms with van der Waals surface area (Å²) in [4.78, 5) is 5.79. The molecule has 2 rings (SSSR count). The summed E-state index contributed by atoms with van der Waals surface area (Å²) in [5, 5.41) is 0. The predicted molar refractivity (Wildman–Crippen MR) is 92.5 cm³/mol. The van der Waals surface area contributed by atoms with Crippen molar-refractivity contribution in [2.45, 2.75) is 41.5 Å². The zero-order chi connectivity index (χ0) is 13.4. The molecule has 0 nitrogen and oxygen atoms in total. The van der Waals surface area contributed by atoms with Gasteiger partial charge in [-0.3, -0.25) is 0 Å². The molecule has 0 atom stereocenters. The third-order valence-electron chi connectivity index (χ3n) is 3.15. The van der Waals surface area contributed by atoms with Gasteiger partial charge in [-0.05, 0) is 72.3 Å². The third kappa shape index (κ3) is 2.92. The van der Waals surface area contributed by atoms with Gasteiger partial charge in [-0.1, -0.05) is 47.0 Å². The van der Waals surface area contributed by atoms with Crippen LogP contribution in [0, 0.1) is 0 Å². The zero-order valence-electron chi connectivity index (χ0n) is 11.6. The molecular weight excluding hydrogens is 296 g/mol. The molecule has 0 aromatic carbocycles. The molecule has 0 amide bonds. The van der Waals surface area contributed by atoms with Crippen molar-refractivity contribution in [3.63, 3.8) is 0 Å². The average Bonchev–Trinajstić information content (AvgIpc) is 2.82. The van der Waals surface area contributed by atoms with Gasteiger partial charge in [0.05, 0.1) is 8.47 Å². The van der Waals surface area contributed by atoms with Crippen molar-refractivity contribution in [2.24, 2.45) is 0 Å². The van der Waals surface area contributed by atoms with Crippen LogP contribution in [0.3, 0.4) is 0 Å². The summed E-state index contributed by atoms with van der Waals surface area (Å²) in [7, 11) is 0. The van der Waals surface area contributed by atoms with E-state index in [0.29, 0.717) is 0 Å². The van der Waals surface area contributed by atoms with Gasteiger partial charge in [0.25, 0.3) is 0 Å². The topological polar surface area (TPSA) is 0 Å². The Morgan fingerprint density at radius 3 is 1.00 bits per heavy atom. The van der Waals surface area contributed by atoms with E-state index in [0.717, 1.165) is 0 Å². The lowest BCUT2D eigenvalue weighted by molar-refractivity contribution is 1.36. The Hall–Kier alpha value is 0.360. The minimum Gasteiger partial charge on any atom is -0.0864 e. The van der Waals surface area contributed by atoms with Crippen molar-refractivity contribution in [3.8, 4) is 0 Å². The van der Waals surface area contributed by atoms with E-state index in [-0.39, 0.29) is 0 Å². The standard InChI is InChI=1S/C14H18S4/c1-7(13-15-9(3)10(4)16-13)8(2)14-17-11(5)12(6)18-14/h1-6H3. The zero-order valence-corrected chi connectivity index (χ0v) is 14.9. The largest absolute Gasteiger partial charge is 0.0864 e. The van der Waals surface area contributed by atoms with Gasteiger partial charge in [0, 0.05) is 0 Å². The highest BCUT2D eigenvalue weighted by atomic mass is 32.2. The lowest BCUT2D eigenvalue weighted by Crippen LogP contribution is -1.84. The molecule has 0 saturated heterocycles. The van der Waals surface area contributed by atoms with Crippen LogP contribution in [0.1, 0.15) is 41.5 Å². The first-order valence-corrected chi connectivity index (χ1v) is 9.15. The fourth-order valence-electron chi connectivity index (χ4n) is 1.50. The maximum atomic E-state index is 2.26. The van der Waals surface area contributed by atoms with Gasteiger partial charge in [-0.15, -0.1) is 0 Å². The van der Waals surface area contributed by atoms with E-state index in [9.17, 15) is 0 Å². The SMILES string of the molecule is CC1=C(C)SC(=C(C)C(C)=C2SC(C)=C(C)S2)S1. The normalized spacial score (nSPS) is 20.3. The van der Waals surface area contributed by atoms with Crippen LogP contribution in [-0.4, -0.2) is 0 Å². The highest BCUT2D eigenvalue weighted by Gasteiger charge is 2.21. The summed E-state index contributed by atoms with van der Waals surface area (Å²) in [5.41, 5.74) is 2.89. The van der Waals surface area contributed by atoms with E-state index in [2.05, 4.69) is 41.5 Å². The predicted octanol–water partition coefficient (Wildman–Crippen LogP) is 6.91. The maximum absolute atomic E-state index is 2.26. The van der Waals surface area contributed by atoms with Gasteiger partial charge in [-0.25, -0.2) is 0 Å². The van der Waals surface area contributed by atoms with E-state index < -0.39 is 0 Å². The number of hydrogen-bond acceptors (Lipinski definition) is 4. The second-order valence-corrected chi connectivity index (χ2v) is 9.87. The molecule has 0 spiro atoms. The van der Waals surface area contributed by atoms with Crippen molar-refractivity contribution in [2.75, 3.05) is 0 Å². The summed E-state index contributed by atoms with van der Waals surface area (Å²) in [6, 6.07) is 0. The Morgan fingerprint density at radius 2 is 0.778 bits per heavy atom. The molecule has 0 aromatic rings. The second kappa shape index (κ2) is 5.78. The average molecular weight is 315 g/mol. The highest BCUT2D eigenvalue weighted by molar-refractivity contribution is 8.29. The van der Waals surface area contributed by atoms with Crippen LogP contribution in [0.2, 0.25) is 0 Å². The smallest absolute Gasteiger partial charge is 0.0524 e. The molecule has 0 unspecified atom stereocenters. The van der Waals surface area contributed by atoms with Gasteiger partial charge < -0.3 is 0 Å². The minimum absolute atomic E-state index is 1.44. The monoisotopic (exact) mass is 314 g/mol. The molecular formula is C14H18S4. The maximum Gasteiger partial charge on any atom is 0.0524 e. The number of hydrogen-bond donors (Lipinski definition) is 0. The molecule has 0 fully saturated rings. The first-order valence-electron chi connectivity index (χ1n) is 5.88. The molecule has 0 bridgehead atoms. The molecule has 0 aromatic heterocycles. The van der Waals surface area contributed by atoms with E-state index >= 15 is 0 Å². The highest BCUT2D eigenvalue weighted by Crippen LogP contribution is 2.54. The molecule has 2 heterocycles. The molecule has 0 radical (unpaired) electrons. The fourth-order valence-corrected chi connectivity index (χ4v) is 6.74. The Morgan fingerprint density at radius 1 is 0.556 bits per heavy atom. The molecule has 0 N–H and O–H groups in total. The summed E-state index contributed by atoms with van der Waals surface area (Å²) >= 11 is 7.71. The van der Waals surface area contributed by atoms with E-state index in [1.54, 1.807) is 0 Å². The molecule has 4 heteroatoms. The van der Waals surface area contributed by atoms with Gasteiger partial charge in [0.15, 0.2) is 0 Å². The summed E-state index contributed by atoms with van der Waals surface area (Å²) in [6.45, 7) is 13.4. The summed E-state index contributed by atoms with van der Waals surface area (Å²) < 4.78 is 2.91. The van der Waals surface area contributed by atoms with Crippen molar-refractivity contribution in [1.82, 2.24) is 0 Å². The van der Waals surface area contributed by atoms with E-state index in [1.165, 1.54) is 39.2 Å². The second-order valence-electron chi connectivity index (χ2n) is 4.46. The van der Waals surface area contributed by atoms with Crippen LogP contribution < -0.4 is 0 Å². The quantitative estimate of drug-likeness (QED) is 0.515. The fraction of sp³-hybridized carbons (Fsp3) is 0.429. The van der Waals surface area contributed by atoms with Crippen molar-refractivity contribution in [3.05, 3.63) is 39.2 Å². The van der Waals surface area contributed by atoms with Gasteiger partial charge in [-0.2, -0.15) is 0 Å². The summed E-state index contributed by atoms with van der Waals surface area (Å²) in [6.07, 6.45) is 0. The van der Waals surface area contributed by atoms with Crippen LogP contribution in [0.5, 0.6) is 0 Å². The lowest BCUT2D eigenvalue weighted by Gasteiger charge is -2.09. The van der Waals surface area contributed by atoms with Gasteiger partial charge >= 0.3 is 0 Å². The molecule has 98 valence electrons. The van der Waals surface area contributed by atoms with Crippen molar-refractivity contribution < 1.29 is 0 Å². The number of thioether (sulfide) groups is 4. The summed E-state index contributed by atoms with van der Waals surface area (Å²) in [5.74, 6) is 0. The molecule has 0 aliphatic carbocycles. The van der Waals surface area contributed by atoms with E-state index in [4.69, 9.17) is 0 Å². The van der Waals surface area contributed by atoms with Crippen LogP contribution in [-0.2, 0) is 0 Å². The third-order valence-corrected chi connectivity index (χ3v) is 8.82. The van der Waals surface area contributed by atoms with Gasteiger partial charge in [0.1, 0.15) is 0 Å². The number of allylic oxidation sites excluding steroid dienone is 6. The lowest BCUT2D eigenvalue weighted by atomic mass is 10.2. The van der Waals surface area contributed by atoms with Crippen LogP contribution >= 0.6 is 47.0 Å². The molecule has 2 aliphatic heterocycles. The van der Waals surface area contributed by atoms with Crippen LogP contribution in [0.25, 0.3) is 0 Å². The minimum atomic E-state index is 1.44. The Bertz CT molecular complexity index is 438. The molecule has 18 heavy (non-hydrogen) atoms. The Labute approximate surface area is 127 Å². The number of rotatable bonds is 1. The molecule has 2 aliphatic rings. The first-order chi connectivity index (χ1) is 8.40. The van der Waals surface area contributed by atoms with E-state index in [1.807, 2.05) is 47.0 Å². The van der Waals surface area contributed by atoms with Crippen LogP contribution in [0.15, 0.2) is 39.2 Å².